The lowest BCUT2D eigenvalue weighted by molar-refractivity contribution is -0.131. The fourth-order valence-electron chi connectivity index (χ4n) is 7.88. The number of ketones is 3. The molecule has 2 fully saturated rings. The molecule has 0 radical (unpaired) electrons. The first-order chi connectivity index (χ1) is 18.5. The van der Waals surface area contributed by atoms with Crippen molar-refractivity contribution >= 4 is 17.3 Å². The van der Waals surface area contributed by atoms with Gasteiger partial charge in [0.15, 0.2) is 17.3 Å². The van der Waals surface area contributed by atoms with E-state index in [1.54, 1.807) is 6.92 Å². The highest BCUT2D eigenvalue weighted by Crippen LogP contribution is 2.65. The van der Waals surface area contributed by atoms with Crippen LogP contribution in [0.15, 0.2) is 47.1 Å². The van der Waals surface area contributed by atoms with Crippen LogP contribution in [0.1, 0.15) is 80.6 Å². The molecular formula is C32H33F3O4. The lowest BCUT2D eigenvalue weighted by Crippen LogP contribution is -2.45. The maximum atomic E-state index is 13.4. The molecule has 1 aromatic rings. The Kier molecular flexibility index (Phi) is 7.45. The Labute approximate surface area is 227 Å². The van der Waals surface area contributed by atoms with Gasteiger partial charge in [0.2, 0.25) is 0 Å². The van der Waals surface area contributed by atoms with Crippen LogP contribution in [0.2, 0.25) is 0 Å². The molecule has 4 aliphatic rings. The van der Waals surface area contributed by atoms with Crippen molar-refractivity contribution in [3.63, 3.8) is 0 Å². The van der Waals surface area contributed by atoms with Crippen LogP contribution in [-0.4, -0.2) is 36.7 Å². The van der Waals surface area contributed by atoms with Crippen LogP contribution < -0.4 is 0 Å². The van der Waals surface area contributed by atoms with Gasteiger partial charge in [-0.3, -0.25) is 14.4 Å². The van der Waals surface area contributed by atoms with Crippen molar-refractivity contribution in [3.8, 4) is 11.8 Å². The van der Waals surface area contributed by atoms with E-state index in [0.717, 1.165) is 49.7 Å². The Morgan fingerprint density at radius 3 is 2.51 bits per heavy atom. The predicted molar refractivity (Wildman–Crippen MR) is 140 cm³/mol. The minimum atomic E-state index is -4.58. The molecule has 7 heteroatoms. The molecule has 0 aromatic heterocycles. The number of carbonyl (C=O) groups is 3. The van der Waals surface area contributed by atoms with Crippen molar-refractivity contribution in [2.45, 2.75) is 70.9 Å². The van der Waals surface area contributed by atoms with Crippen molar-refractivity contribution in [1.29, 1.82) is 0 Å². The van der Waals surface area contributed by atoms with Crippen LogP contribution >= 0.6 is 0 Å². The van der Waals surface area contributed by atoms with E-state index in [1.165, 1.54) is 17.1 Å². The summed E-state index contributed by atoms with van der Waals surface area (Å²) in [7, 11) is 0. The smallest absolute Gasteiger partial charge is 0.361 e. The summed E-state index contributed by atoms with van der Waals surface area (Å²) in [6, 6.07) is 7.78. The lowest BCUT2D eigenvalue weighted by atomic mass is 9.51. The Balaban J connectivity index is 1.46. The van der Waals surface area contributed by atoms with Gasteiger partial charge in [-0.05, 0) is 85.5 Å². The predicted octanol–water partition coefficient (Wildman–Crippen LogP) is 6.56. The Morgan fingerprint density at radius 1 is 1.08 bits per heavy atom. The Bertz CT molecular complexity index is 1310. The molecule has 1 aromatic carbocycles. The maximum Gasteiger partial charge on any atom is 0.457 e. The molecule has 2 saturated carbocycles. The summed E-state index contributed by atoms with van der Waals surface area (Å²) in [5, 5.41) is 0. The largest absolute Gasteiger partial charge is 0.457 e. The van der Waals surface area contributed by atoms with Gasteiger partial charge in [-0.2, -0.15) is 13.2 Å². The van der Waals surface area contributed by atoms with Crippen LogP contribution in [-0.2, 0) is 14.3 Å². The van der Waals surface area contributed by atoms with E-state index >= 15 is 0 Å². The number of allylic oxidation sites excluding steroid dienone is 4. The number of hydrogen-bond acceptors (Lipinski definition) is 4. The van der Waals surface area contributed by atoms with E-state index in [1.807, 2.05) is 36.3 Å². The van der Waals surface area contributed by atoms with Crippen molar-refractivity contribution in [3.05, 3.63) is 58.2 Å². The van der Waals surface area contributed by atoms with Gasteiger partial charge in [-0.25, -0.2) is 0 Å². The summed E-state index contributed by atoms with van der Waals surface area (Å²) >= 11 is 0. The second kappa shape index (κ2) is 10.5. The third kappa shape index (κ3) is 5.41. The topological polar surface area (TPSA) is 60.4 Å². The number of hydrogen-bond donors (Lipinski definition) is 0. The van der Waals surface area contributed by atoms with Crippen molar-refractivity contribution in [2.75, 3.05) is 13.2 Å². The molecule has 0 heterocycles. The first-order valence-electron chi connectivity index (χ1n) is 13.7. The molecule has 0 saturated heterocycles. The monoisotopic (exact) mass is 538 g/mol. The van der Waals surface area contributed by atoms with Crippen molar-refractivity contribution in [2.24, 2.45) is 23.2 Å². The first-order valence-corrected chi connectivity index (χ1v) is 13.7. The maximum absolute atomic E-state index is 13.4. The van der Waals surface area contributed by atoms with E-state index in [0.29, 0.717) is 23.8 Å². The highest BCUT2D eigenvalue weighted by Gasteiger charge is 2.58. The van der Waals surface area contributed by atoms with E-state index < -0.39 is 12.8 Å². The number of fused-ring (bicyclic) bond motifs is 4. The van der Waals surface area contributed by atoms with Gasteiger partial charge >= 0.3 is 6.18 Å². The number of carbonyl (C=O) groups excluding carboxylic acids is 3. The normalized spacial score (nSPS) is 30.0. The highest BCUT2D eigenvalue weighted by atomic mass is 19.4. The van der Waals surface area contributed by atoms with Crippen LogP contribution in [0.25, 0.3) is 0 Å². The number of ether oxygens (including phenoxy) is 1. The van der Waals surface area contributed by atoms with Gasteiger partial charge in [-0.1, -0.05) is 42.7 Å². The third-order valence-corrected chi connectivity index (χ3v) is 9.49. The second-order valence-corrected chi connectivity index (χ2v) is 11.7. The average molecular weight is 539 g/mol. The van der Waals surface area contributed by atoms with Crippen molar-refractivity contribution < 1.29 is 32.3 Å². The van der Waals surface area contributed by atoms with Gasteiger partial charge in [0.1, 0.15) is 13.2 Å². The number of alkyl halides is 3. The summed E-state index contributed by atoms with van der Waals surface area (Å²) in [6.45, 7) is 3.07. The SMILES string of the molecule is CC(=O)c1ccc([C@H]2C[C@]3(C)[C@@H](C(=O)COCC#CC(F)(F)F)CC[C@H]3[C@@H]3CCC4=CC(=O)CCC4=C32)cc1. The van der Waals surface area contributed by atoms with Crippen LogP contribution in [0.4, 0.5) is 13.2 Å². The molecule has 0 aliphatic heterocycles. The van der Waals surface area contributed by atoms with Crippen LogP contribution in [0.5, 0.6) is 0 Å². The molecule has 4 aliphatic carbocycles. The minimum Gasteiger partial charge on any atom is -0.361 e. The van der Waals surface area contributed by atoms with E-state index in [4.69, 9.17) is 4.74 Å². The standard InChI is InChI=1S/C32H33F3O4/c1-19(36)20-4-6-21(7-5-20)26-17-31(2)27(25-10-8-22-16-23(37)9-11-24(22)30(25)26)12-13-28(31)29(38)18-39-15-3-14-32(33,34)35/h4-7,16,25-28H,8-13,15,17-18H2,1-2H3/t25-,26+,27-,28+,31-/m0/s1. The molecule has 0 bridgehead atoms. The van der Waals surface area contributed by atoms with Gasteiger partial charge in [0, 0.05) is 29.7 Å². The number of halogens is 3. The quantitative estimate of drug-likeness (QED) is 0.234. The van der Waals surface area contributed by atoms with Gasteiger partial charge in [-0.15, -0.1) is 0 Å². The molecule has 206 valence electrons. The molecule has 39 heavy (non-hydrogen) atoms. The molecular weight excluding hydrogens is 505 g/mol. The average Bonchev–Trinajstić information content (AvgIpc) is 3.24. The van der Waals surface area contributed by atoms with E-state index in [9.17, 15) is 27.6 Å². The summed E-state index contributed by atoms with van der Waals surface area (Å²) in [6.07, 6.45) is 2.71. The van der Waals surface area contributed by atoms with Crippen LogP contribution in [0.3, 0.4) is 0 Å². The zero-order chi connectivity index (χ0) is 27.9. The van der Waals surface area contributed by atoms with Gasteiger partial charge < -0.3 is 4.74 Å². The molecule has 0 amide bonds. The summed E-state index contributed by atoms with van der Waals surface area (Å²) in [5.74, 6) is 3.66. The minimum absolute atomic E-state index is 0.00665. The van der Waals surface area contributed by atoms with Crippen LogP contribution in [0, 0.1) is 35.0 Å². The fraction of sp³-hybridized carbons (Fsp3) is 0.531. The van der Waals surface area contributed by atoms with Crippen molar-refractivity contribution in [1.82, 2.24) is 0 Å². The molecule has 5 rings (SSSR count). The van der Waals surface area contributed by atoms with Gasteiger partial charge in [0.05, 0.1) is 0 Å². The summed E-state index contributed by atoms with van der Waals surface area (Å²) < 4.78 is 42.1. The molecule has 0 unspecified atom stereocenters. The Morgan fingerprint density at radius 2 is 1.82 bits per heavy atom. The summed E-state index contributed by atoms with van der Waals surface area (Å²) in [4.78, 5) is 37.5. The lowest BCUT2D eigenvalue weighted by Gasteiger charge is -2.52. The van der Waals surface area contributed by atoms with Gasteiger partial charge in [0.25, 0.3) is 0 Å². The summed E-state index contributed by atoms with van der Waals surface area (Å²) in [5.41, 5.74) is 5.36. The first kappa shape index (κ1) is 27.6. The number of benzene rings is 1. The number of rotatable bonds is 6. The second-order valence-electron chi connectivity index (χ2n) is 11.7. The third-order valence-electron chi connectivity index (χ3n) is 9.49. The highest BCUT2D eigenvalue weighted by molar-refractivity contribution is 5.94. The Hall–Kier alpha value is -2.98. The zero-order valence-corrected chi connectivity index (χ0v) is 22.3. The fourth-order valence-corrected chi connectivity index (χ4v) is 7.88. The van der Waals surface area contributed by atoms with E-state index in [2.05, 4.69) is 6.92 Å². The molecule has 0 spiro atoms. The number of Topliss-reactive ketones (excluding diaryl/α,β-unsaturated/α-hetero) is 2. The zero-order valence-electron chi connectivity index (χ0n) is 22.3. The van der Waals surface area contributed by atoms with E-state index in [-0.39, 0.29) is 41.2 Å². The molecule has 5 atom stereocenters. The molecule has 4 nitrogen and oxygen atoms in total. The molecule has 0 N–H and O–H groups in total.